The quantitative estimate of drug-likeness (QED) is 0.815. The molecule has 3 rings (SSSR count). The van der Waals surface area contributed by atoms with E-state index in [1.807, 2.05) is 0 Å². The molecule has 0 unspecified atom stereocenters. The summed E-state index contributed by atoms with van der Waals surface area (Å²) in [4.78, 5) is 1.36. The first-order chi connectivity index (χ1) is 12.2. The van der Waals surface area contributed by atoms with Crippen molar-refractivity contribution in [3.8, 4) is 0 Å². The van der Waals surface area contributed by atoms with E-state index in [4.69, 9.17) is 11.6 Å². The van der Waals surface area contributed by atoms with Crippen LogP contribution in [0.3, 0.4) is 0 Å². The summed E-state index contributed by atoms with van der Waals surface area (Å²) < 4.78 is 68.3. The molecule has 1 aliphatic rings. The zero-order valence-corrected chi connectivity index (χ0v) is 15.1. The SMILES string of the molecule is O=S(=O)(Nc1cccc(F)c1CN1CCC(F)(F)C1)c1ccc(Cl)cc1. The molecule has 9 heteroatoms. The van der Waals surface area contributed by atoms with Gasteiger partial charge in [-0.1, -0.05) is 17.7 Å². The highest BCUT2D eigenvalue weighted by molar-refractivity contribution is 7.92. The maximum absolute atomic E-state index is 14.3. The van der Waals surface area contributed by atoms with Crippen LogP contribution in [-0.4, -0.2) is 32.3 Å². The van der Waals surface area contributed by atoms with E-state index >= 15 is 0 Å². The second-order valence-corrected chi connectivity index (χ2v) is 8.26. The van der Waals surface area contributed by atoms with E-state index in [0.717, 1.165) is 0 Å². The van der Waals surface area contributed by atoms with Crippen molar-refractivity contribution in [1.82, 2.24) is 4.90 Å². The van der Waals surface area contributed by atoms with Gasteiger partial charge in [-0.05, 0) is 36.4 Å². The maximum Gasteiger partial charge on any atom is 0.261 e. The first-order valence-electron chi connectivity index (χ1n) is 7.82. The lowest BCUT2D eigenvalue weighted by molar-refractivity contribution is 0.0114. The van der Waals surface area contributed by atoms with E-state index in [9.17, 15) is 21.6 Å². The van der Waals surface area contributed by atoms with Gasteiger partial charge in [-0.25, -0.2) is 21.6 Å². The fraction of sp³-hybridized carbons (Fsp3) is 0.294. The Morgan fingerprint density at radius 3 is 2.46 bits per heavy atom. The first kappa shape index (κ1) is 19.0. The number of halogens is 4. The number of sulfonamides is 1. The Bertz CT molecular complexity index is 905. The molecule has 1 fully saturated rings. The topological polar surface area (TPSA) is 49.4 Å². The van der Waals surface area contributed by atoms with E-state index in [2.05, 4.69) is 4.72 Å². The van der Waals surface area contributed by atoms with Crippen LogP contribution in [0.4, 0.5) is 18.9 Å². The molecule has 0 saturated carbocycles. The number of anilines is 1. The normalized spacial score (nSPS) is 17.4. The Morgan fingerprint density at radius 1 is 1.15 bits per heavy atom. The predicted molar refractivity (Wildman–Crippen MR) is 93.5 cm³/mol. The van der Waals surface area contributed by atoms with Crippen LogP contribution in [0.2, 0.25) is 5.02 Å². The summed E-state index contributed by atoms with van der Waals surface area (Å²) >= 11 is 5.75. The molecule has 1 saturated heterocycles. The smallest absolute Gasteiger partial charge is 0.261 e. The fourth-order valence-corrected chi connectivity index (χ4v) is 4.02. The van der Waals surface area contributed by atoms with Gasteiger partial charge in [0.05, 0.1) is 17.1 Å². The highest BCUT2D eigenvalue weighted by Crippen LogP contribution is 2.30. The monoisotopic (exact) mass is 404 g/mol. The molecule has 2 aromatic carbocycles. The summed E-state index contributed by atoms with van der Waals surface area (Å²) in [5.41, 5.74) is 0.0536. The van der Waals surface area contributed by atoms with Crippen molar-refractivity contribution in [2.45, 2.75) is 23.8 Å². The molecule has 0 bridgehead atoms. The van der Waals surface area contributed by atoms with Gasteiger partial charge in [0.25, 0.3) is 15.9 Å². The van der Waals surface area contributed by atoms with Crippen LogP contribution in [0.25, 0.3) is 0 Å². The third-order valence-electron chi connectivity index (χ3n) is 4.12. The summed E-state index contributed by atoms with van der Waals surface area (Å²) in [5, 5.41) is 0.380. The van der Waals surface area contributed by atoms with Gasteiger partial charge in [-0.2, -0.15) is 0 Å². The van der Waals surface area contributed by atoms with E-state index in [-0.39, 0.29) is 35.7 Å². The number of alkyl halides is 2. The maximum atomic E-state index is 14.3. The van der Waals surface area contributed by atoms with Crippen LogP contribution in [0.1, 0.15) is 12.0 Å². The van der Waals surface area contributed by atoms with Gasteiger partial charge in [-0.15, -0.1) is 0 Å². The number of benzene rings is 2. The third kappa shape index (κ3) is 4.31. The molecule has 0 atom stereocenters. The van der Waals surface area contributed by atoms with Gasteiger partial charge in [0.2, 0.25) is 0 Å². The lowest BCUT2D eigenvalue weighted by Gasteiger charge is -2.19. The second-order valence-electron chi connectivity index (χ2n) is 6.14. The number of rotatable bonds is 5. The van der Waals surface area contributed by atoms with Crippen molar-refractivity contribution in [3.05, 3.63) is 58.9 Å². The standard InChI is InChI=1S/C17H16ClF3N2O2S/c18-12-4-6-13(7-5-12)26(24,25)22-16-3-1-2-15(19)14(16)10-23-9-8-17(20,21)11-23/h1-7,22H,8-11H2. The lowest BCUT2D eigenvalue weighted by Crippen LogP contribution is -2.26. The average molecular weight is 405 g/mol. The average Bonchev–Trinajstić information content (AvgIpc) is 2.90. The summed E-state index contributed by atoms with van der Waals surface area (Å²) in [6, 6.07) is 9.43. The van der Waals surface area contributed by atoms with E-state index in [1.54, 1.807) is 0 Å². The minimum absolute atomic E-state index is 0.0233. The molecule has 140 valence electrons. The van der Waals surface area contributed by atoms with Gasteiger partial charge in [0, 0.05) is 30.1 Å². The minimum atomic E-state index is -3.97. The third-order valence-corrected chi connectivity index (χ3v) is 5.75. The largest absolute Gasteiger partial charge is 0.293 e. The van der Waals surface area contributed by atoms with Crippen molar-refractivity contribution in [3.63, 3.8) is 0 Å². The van der Waals surface area contributed by atoms with Gasteiger partial charge in [0.1, 0.15) is 5.82 Å². The molecule has 0 amide bonds. The number of nitrogens with one attached hydrogen (secondary N) is 1. The number of hydrogen-bond acceptors (Lipinski definition) is 3. The molecular weight excluding hydrogens is 389 g/mol. The number of nitrogens with zero attached hydrogens (tertiary/aromatic N) is 1. The second kappa shape index (κ2) is 7.09. The van der Waals surface area contributed by atoms with Crippen LogP contribution < -0.4 is 4.72 Å². The molecule has 0 aromatic heterocycles. The van der Waals surface area contributed by atoms with E-state index < -0.39 is 28.3 Å². The molecule has 4 nitrogen and oxygen atoms in total. The van der Waals surface area contributed by atoms with Crippen LogP contribution in [0, 0.1) is 5.82 Å². The Hall–Kier alpha value is -1.77. The summed E-state index contributed by atoms with van der Waals surface area (Å²) in [6.07, 6.45) is -0.298. The lowest BCUT2D eigenvalue weighted by atomic mass is 10.1. The van der Waals surface area contributed by atoms with Gasteiger partial charge in [0.15, 0.2) is 0 Å². The Balaban J connectivity index is 1.86. The highest BCUT2D eigenvalue weighted by Gasteiger charge is 2.38. The molecule has 1 N–H and O–H groups in total. The fourth-order valence-electron chi connectivity index (χ4n) is 2.80. The van der Waals surface area contributed by atoms with Crippen molar-refractivity contribution < 1.29 is 21.6 Å². The molecule has 2 aromatic rings. The number of hydrogen-bond donors (Lipinski definition) is 1. The van der Waals surface area contributed by atoms with E-state index in [1.165, 1.54) is 47.4 Å². The van der Waals surface area contributed by atoms with Crippen molar-refractivity contribution in [1.29, 1.82) is 0 Å². The molecule has 26 heavy (non-hydrogen) atoms. The molecule has 0 aliphatic carbocycles. The summed E-state index contributed by atoms with van der Waals surface area (Å²) in [7, 11) is -3.97. The molecule has 0 radical (unpaired) electrons. The van der Waals surface area contributed by atoms with Crippen molar-refractivity contribution >= 4 is 27.3 Å². The van der Waals surface area contributed by atoms with Crippen LogP contribution in [0.5, 0.6) is 0 Å². The van der Waals surface area contributed by atoms with Crippen LogP contribution in [0.15, 0.2) is 47.4 Å². The van der Waals surface area contributed by atoms with Crippen molar-refractivity contribution in [2.75, 3.05) is 17.8 Å². The van der Waals surface area contributed by atoms with Gasteiger partial charge in [-0.3, -0.25) is 9.62 Å². The summed E-state index contributed by atoms with van der Waals surface area (Å²) in [6.45, 7) is -0.476. The van der Waals surface area contributed by atoms with Crippen LogP contribution in [-0.2, 0) is 16.6 Å². The van der Waals surface area contributed by atoms with Gasteiger partial charge < -0.3 is 0 Å². The highest BCUT2D eigenvalue weighted by atomic mass is 35.5. The molecular formula is C17H16ClF3N2O2S. The first-order valence-corrected chi connectivity index (χ1v) is 9.68. The van der Waals surface area contributed by atoms with Gasteiger partial charge >= 0.3 is 0 Å². The Morgan fingerprint density at radius 2 is 1.85 bits per heavy atom. The minimum Gasteiger partial charge on any atom is -0.293 e. The van der Waals surface area contributed by atoms with Crippen molar-refractivity contribution in [2.24, 2.45) is 0 Å². The van der Waals surface area contributed by atoms with Crippen LogP contribution >= 0.6 is 11.6 Å². The molecule has 1 aliphatic heterocycles. The predicted octanol–water partition coefficient (Wildman–Crippen LogP) is 4.12. The van der Waals surface area contributed by atoms with E-state index in [0.29, 0.717) is 5.02 Å². The zero-order valence-electron chi connectivity index (χ0n) is 13.6. The number of likely N-dealkylation sites (tertiary alicyclic amines) is 1. The Labute approximate surface area is 154 Å². The molecule has 0 spiro atoms. The molecule has 1 heterocycles. The Kier molecular flexibility index (Phi) is 5.18. The zero-order chi connectivity index (χ0) is 18.9. The summed E-state index contributed by atoms with van der Waals surface area (Å²) in [5.74, 6) is -3.47.